The number of nitrogens with one attached hydrogen (secondary N) is 4. The number of halogens is 1. The van der Waals surface area contributed by atoms with Gasteiger partial charge in [-0.3, -0.25) is 19.2 Å². The fourth-order valence-electron chi connectivity index (χ4n) is 3.89. The fourth-order valence-corrected chi connectivity index (χ4v) is 3.89. The molecule has 1 aliphatic rings. The van der Waals surface area contributed by atoms with Gasteiger partial charge in [0.15, 0.2) is 0 Å². The van der Waals surface area contributed by atoms with Crippen molar-refractivity contribution in [1.29, 1.82) is 0 Å². The van der Waals surface area contributed by atoms with Gasteiger partial charge in [-0.2, -0.15) is 0 Å². The molecule has 2 aromatic carbocycles. The summed E-state index contributed by atoms with van der Waals surface area (Å²) in [6.45, 7) is 4.28. The zero-order chi connectivity index (χ0) is 26.8. The third kappa shape index (κ3) is 8.03. The molecule has 0 radical (unpaired) electrons. The van der Waals surface area contributed by atoms with Crippen LogP contribution in [0.25, 0.3) is 0 Å². The van der Waals surface area contributed by atoms with Crippen molar-refractivity contribution in [2.45, 2.75) is 45.2 Å². The molecule has 10 heteroatoms. The lowest BCUT2D eigenvalue weighted by atomic mass is 9.97. The molecule has 3 atom stereocenters. The minimum Gasteiger partial charge on any atom is -0.491 e. The number of hydrogen-bond donors (Lipinski definition) is 4. The highest BCUT2D eigenvalue weighted by Crippen LogP contribution is 2.18. The molecule has 0 spiro atoms. The Balaban J connectivity index is 1.79. The maximum Gasteiger partial charge on any atom is 0.255 e. The van der Waals surface area contributed by atoms with Gasteiger partial charge < -0.3 is 26.0 Å². The standard InChI is InChI=1S/C27H33FN4O5/c1-3-17(2)24-27(36)30-14-15-37-22-7-5-4-6-20(22)25(34)31-21(16-23(33)32-24)26(35)29-13-12-18-8-10-19(28)11-9-18/h4-11,17,21,24H,3,12-16H2,1-2H3,(H,29,35)(H,30,36)(H,31,34)(H,32,33)/t17-,21-,24-/m0/s1. The lowest BCUT2D eigenvalue weighted by Crippen LogP contribution is -2.54. The molecule has 0 aliphatic carbocycles. The molecule has 37 heavy (non-hydrogen) atoms. The van der Waals surface area contributed by atoms with Crippen molar-refractivity contribution in [3.63, 3.8) is 0 Å². The Morgan fingerprint density at radius 1 is 1.11 bits per heavy atom. The predicted octanol–water partition coefficient (Wildman–Crippen LogP) is 1.71. The third-order valence-corrected chi connectivity index (χ3v) is 6.24. The van der Waals surface area contributed by atoms with Gasteiger partial charge in [0.2, 0.25) is 17.7 Å². The number of ether oxygens (including phenoxy) is 1. The first-order chi connectivity index (χ1) is 17.8. The van der Waals surface area contributed by atoms with Crippen LogP contribution in [0.5, 0.6) is 5.75 Å². The summed E-state index contributed by atoms with van der Waals surface area (Å²) in [7, 11) is 0. The highest BCUT2D eigenvalue weighted by molar-refractivity contribution is 6.01. The number of benzene rings is 2. The Hall–Kier alpha value is -3.95. The molecule has 9 nitrogen and oxygen atoms in total. The van der Waals surface area contributed by atoms with Gasteiger partial charge in [-0.1, -0.05) is 44.5 Å². The van der Waals surface area contributed by atoms with Crippen LogP contribution in [0.1, 0.15) is 42.6 Å². The van der Waals surface area contributed by atoms with Crippen molar-refractivity contribution >= 4 is 23.6 Å². The summed E-state index contributed by atoms with van der Waals surface area (Å²) < 4.78 is 18.9. The zero-order valence-electron chi connectivity index (χ0n) is 21.0. The molecule has 3 rings (SSSR count). The topological polar surface area (TPSA) is 126 Å². The van der Waals surface area contributed by atoms with Gasteiger partial charge in [-0.15, -0.1) is 0 Å². The third-order valence-electron chi connectivity index (χ3n) is 6.24. The van der Waals surface area contributed by atoms with E-state index in [4.69, 9.17) is 4.74 Å². The lowest BCUT2D eigenvalue weighted by molar-refractivity contribution is -0.132. The van der Waals surface area contributed by atoms with Crippen molar-refractivity contribution in [3.8, 4) is 5.75 Å². The van der Waals surface area contributed by atoms with E-state index in [-0.39, 0.29) is 49.3 Å². The van der Waals surface area contributed by atoms with E-state index in [1.807, 2.05) is 13.8 Å². The molecule has 0 unspecified atom stereocenters. The molecular formula is C27H33FN4O5. The van der Waals surface area contributed by atoms with Crippen molar-refractivity contribution < 1.29 is 28.3 Å². The molecular weight excluding hydrogens is 479 g/mol. The average molecular weight is 513 g/mol. The fraction of sp³-hybridized carbons (Fsp3) is 0.407. The molecule has 1 heterocycles. The molecule has 0 bridgehead atoms. The zero-order valence-corrected chi connectivity index (χ0v) is 21.0. The van der Waals surface area contributed by atoms with Crippen molar-refractivity contribution in [2.75, 3.05) is 19.7 Å². The lowest BCUT2D eigenvalue weighted by Gasteiger charge is -2.26. The van der Waals surface area contributed by atoms with Crippen LogP contribution in [-0.2, 0) is 20.8 Å². The first kappa shape index (κ1) is 27.6. The average Bonchev–Trinajstić information content (AvgIpc) is 2.89. The molecule has 4 amide bonds. The second-order valence-corrected chi connectivity index (χ2v) is 8.96. The van der Waals surface area contributed by atoms with Crippen molar-refractivity contribution in [3.05, 3.63) is 65.5 Å². The Morgan fingerprint density at radius 2 is 1.84 bits per heavy atom. The number of carbonyl (C=O) groups is 4. The highest BCUT2D eigenvalue weighted by atomic mass is 19.1. The smallest absolute Gasteiger partial charge is 0.255 e. The second kappa shape index (κ2) is 13.4. The largest absolute Gasteiger partial charge is 0.491 e. The van der Waals surface area contributed by atoms with Crippen molar-refractivity contribution in [1.82, 2.24) is 21.3 Å². The Morgan fingerprint density at radius 3 is 2.57 bits per heavy atom. The van der Waals surface area contributed by atoms with E-state index in [9.17, 15) is 23.6 Å². The molecule has 0 saturated carbocycles. The first-order valence-corrected chi connectivity index (χ1v) is 12.4. The molecule has 2 aromatic rings. The molecule has 198 valence electrons. The normalized spacial score (nSPS) is 19.7. The van der Waals surface area contributed by atoms with E-state index in [1.165, 1.54) is 12.1 Å². The molecule has 0 fully saturated rings. The number of fused-ring (bicyclic) bond motifs is 1. The molecule has 4 N–H and O–H groups in total. The monoisotopic (exact) mass is 512 g/mol. The maximum absolute atomic E-state index is 13.1. The van der Waals surface area contributed by atoms with E-state index in [2.05, 4.69) is 21.3 Å². The van der Waals surface area contributed by atoms with Crippen LogP contribution in [0.3, 0.4) is 0 Å². The quantitative estimate of drug-likeness (QED) is 0.469. The van der Waals surface area contributed by atoms with E-state index in [0.717, 1.165) is 5.56 Å². The van der Waals surface area contributed by atoms with Gasteiger partial charge in [0.05, 0.1) is 18.5 Å². The van der Waals surface area contributed by atoms with Crippen molar-refractivity contribution in [2.24, 2.45) is 5.92 Å². The predicted molar refractivity (Wildman–Crippen MR) is 135 cm³/mol. The van der Waals surface area contributed by atoms with Crippen LogP contribution in [0.2, 0.25) is 0 Å². The minimum absolute atomic E-state index is 0.116. The Bertz CT molecular complexity index is 1110. The van der Waals surface area contributed by atoms with Gasteiger partial charge in [0.1, 0.15) is 30.3 Å². The number of hydrogen-bond acceptors (Lipinski definition) is 5. The maximum atomic E-state index is 13.1. The summed E-state index contributed by atoms with van der Waals surface area (Å²) in [4.78, 5) is 51.9. The van der Waals surface area contributed by atoms with Gasteiger partial charge >= 0.3 is 0 Å². The first-order valence-electron chi connectivity index (χ1n) is 12.4. The van der Waals surface area contributed by atoms with E-state index >= 15 is 0 Å². The number of carbonyl (C=O) groups excluding carboxylic acids is 4. The van der Waals surface area contributed by atoms with Gasteiger partial charge in [-0.05, 0) is 42.2 Å². The summed E-state index contributed by atoms with van der Waals surface area (Å²) in [6.07, 6.45) is 0.718. The summed E-state index contributed by atoms with van der Waals surface area (Å²) >= 11 is 0. The number of rotatable bonds is 6. The molecule has 0 saturated heterocycles. The SMILES string of the molecule is CC[C@H](C)[C@@H]1NC(=O)C[C@@H](C(=O)NCCc2ccc(F)cc2)NC(=O)c2ccccc2OCCNC1=O. The molecule has 1 aliphatic heterocycles. The number of amides is 4. The van der Waals surface area contributed by atoms with Crippen LogP contribution in [-0.4, -0.2) is 55.4 Å². The number of para-hydroxylation sites is 1. The van der Waals surface area contributed by atoms with Crippen LogP contribution >= 0.6 is 0 Å². The summed E-state index contributed by atoms with van der Waals surface area (Å²) in [5.41, 5.74) is 1.02. The van der Waals surface area contributed by atoms with Crippen LogP contribution in [0.4, 0.5) is 4.39 Å². The van der Waals surface area contributed by atoms with Crippen LogP contribution in [0.15, 0.2) is 48.5 Å². The van der Waals surface area contributed by atoms with Crippen LogP contribution < -0.4 is 26.0 Å². The Labute approximate surface area is 215 Å². The van der Waals surface area contributed by atoms with Gasteiger partial charge in [0, 0.05) is 6.54 Å². The summed E-state index contributed by atoms with van der Waals surface area (Å²) in [5, 5.41) is 10.9. The van der Waals surface area contributed by atoms with Gasteiger partial charge in [0.25, 0.3) is 5.91 Å². The minimum atomic E-state index is -1.20. The molecule has 0 aromatic heterocycles. The Kier molecular flexibility index (Phi) is 10.00. The second-order valence-electron chi connectivity index (χ2n) is 8.96. The summed E-state index contributed by atoms with van der Waals surface area (Å²) in [5.74, 6) is -2.22. The van der Waals surface area contributed by atoms with E-state index < -0.39 is 29.8 Å². The summed E-state index contributed by atoms with van der Waals surface area (Å²) in [6, 6.07) is 10.5. The van der Waals surface area contributed by atoms with E-state index in [0.29, 0.717) is 18.6 Å². The van der Waals surface area contributed by atoms with Crippen LogP contribution in [0, 0.1) is 11.7 Å². The van der Waals surface area contributed by atoms with Gasteiger partial charge in [-0.25, -0.2) is 4.39 Å². The van der Waals surface area contributed by atoms with E-state index in [1.54, 1.807) is 36.4 Å². The highest BCUT2D eigenvalue weighted by Gasteiger charge is 2.30.